The van der Waals surface area contributed by atoms with E-state index in [4.69, 9.17) is 9.47 Å². The number of nitro benzene ring substituents is 1. The molecule has 0 radical (unpaired) electrons. The number of benzene rings is 2. The molecule has 0 fully saturated rings. The summed E-state index contributed by atoms with van der Waals surface area (Å²) in [6.45, 7) is 3.10. The summed E-state index contributed by atoms with van der Waals surface area (Å²) in [5.41, 5.74) is -2.08. The van der Waals surface area contributed by atoms with Crippen molar-refractivity contribution in [3.05, 3.63) is 63.2 Å². The Kier molecular flexibility index (Phi) is 6.41. The van der Waals surface area contributed by atoms with Gasteiger partial charge in [-0.1, -0.05) is 0 Å². The molecular formula is C19H13F3N2O6. The third-order valence-corrected chi connectivity index (χ3v) is 3.57. The second-order valence-electron chi connectivity index (χ2n) is 6.14. The van der Waals surface area contributed by atoms with E-state index in [1.807, 2.05) is 0 Å². The Morgan fingerprint density at radius 1 is 1.17 bits per heavy atom. The molecule has 0 aliphatic heterocycles. The number of hydrogen-bond acceptors (Lipinski definition) is 7. The normalized spacial score (nSPS) is 11.0. The van der Waals surface area contributed by atoms with Crippen molar-refractivity contribution < 1.29 is 37.2 Å². The van der Waals surface area contributed by atoms with Gasteiger partial charge in [-0.25, -0.2) is 4.79 Å². The number of Topliss-reactive ketones (excluding diaryl/α,β-unsaturated/α-hetero) is 1. The summed E-state index contributed by atoms with van der Waals surface area (Å²) in [4.78, 5) is 33.8. The van der Waals surface area contributed by atoms with Gasteiger partial charge in [0.05, 0.1) is 16.6 Å². The molecule has 2 rings (SSSR count). The highest BCUT2D eigenvalue weighted by Gasteiger charge is 2.39. The van der Waals surface area contributed by atoms with Gasteiger partial charge >= 0.3 is 12.1 Å². The molecule has 0 saturated carbocycles. The topological polar surface area (TPSA) is 120 Å². The number of nitriles is 1. The average molecular weight is 422 g/mol. The molecule has 11 heteroatoms. The maximum Gasteiger partial charge on any atom is 0.454 e. The Hall–Kier alpha value is -3.94. The highest BCUT2D eigenvalue weighted by molar-refractivity contribution is 6.00. The van der Waals surface area contributed by atoms with E-state index in [1.54, 1.807) is 19.9 Å². The van der Waals surface area contributed by atoms with E-state index in [0.29, 0.717) is 6.07 Å². The maximum atomic E-state index is 12.6. The second-order valence-corrected chi connectivity index (χ2v) is 6.14. The second kappa shape index (κ2) is 8.60. The van der Waals surface area contributed by atoms with Gasteiger partial charge in [-0.2, -0.15) is 18.4 Å². The van der Waals surface area contributed by atoms with E-state index in [0.717, 1.165) is 30.3 Å². The summed E-state index contributed by atoms with van der Waals surface area (Å²) < 4.78 is 48.1. The first-order chi connectivity index (χ1) is 13.9. The zero-order valence-electron chi connectivity index (χ0n) is 15.5. The molecule has 2 aromatic rings. The van der Waals surface area contributed by atoms with Gasteiger partial charge in [0.2, 0.25) is 0 Å². The van der Waals surface area contributed by atoms with Gasteiger partial charge in [0.1, 0.15) is 23.1 Å². The van der Waals surface area contributed by atoms with Crippen molar-refractivity contribution in [1.29, 1.82) is 5.26 Å². The van der Waals surface area contributed by atoms with Crippen LogP contribution in [-0.4, -0.2) is 29.0 Å². The van der Waals surface area contributed by atoms with Crippen LogP contribution in [0, 0.1) is 21.4 Å². The zero-order valence-corrected chi connectivity index (χ0v) is 15.5. The molecule has 30 heavy (non-hydrogen) atoms. The van der Waals surface area contributed by atoms with Gasteiger partial charge in [0, 0.05) is 17.7 Å². The summed E-state index contributed by atoms with van der Waals surface area (Å²) in [7, 11) is 0. The quantitative estimate of drug-likeness (QED) is 0.289. The van der Waals surface area contributed by atoms with E-state index < -0.39 is 45.8 Å². The predicted octanol–water partition coefficient (Wildman–Crippen LogP) is 4.57. The largest absolute Gasteiger partial charge is 0.459 e. The van der Waals surface area contributed by atoms with Crippen LogP contribution in [0.15, 0.2) is 36.4 Å². The van der Waals surface area contributed by atoms with Crippen molar-refractivity contribution in [2.24, 2.45) is 0 Å². The van der Waals surface area contributed by atoms with Crippen LogP contribution in [0.25, 0.3) is 0 Å². The lowest BCUT2D eigenvalue weighted by molar-refractivity contribution is -0.385. The minimum atomic E-state index is -5.11. The zero-order chi connectivity index (χ0) is 22.6. The van der Waals surface area contributed by atoms with Crippen molar-refractivity contribution >= 4 is 17.4 Å². The highest BCUT2D eigenvalue weighted by Crippen LogP contribution is 2.31. The molecule has 0 amide bonds. The molecule has 2 aromatic carbocycles. The first kappa shape index (κ1) is 22.4. The van der Waals surface area contributed by atoms with Crippen LogP contribution in [0.4, 0.5) is 18.9 Å². The fourth-order valence-corrected chi connectivity index (χ4v) is 2.32. The SMILES string of the molecule is CC(C)OC(=O)c1cc(Oc2ccc(C(=O)C(F)(F)F)cc2C#N)ccc1[N+](=O)[O-]. The molecule has 0 aromatic heterocycles. The fraction of sp³-hybridized carbons (Fsp3) is 0.211. The summed E-state index contributed by atoms with van der Waals surface area (Å²) >= 11 is 0. The summed E-state index contributed by atoms with van der Waals surface area (Å²) in [6.07, 6.45) is -5.66. The van der Waals surface area contributed by atoms with E-state index in [1.165, 1.54) is 0 Å². The van der Waals surface area contributed by atoms with Crippen LogP contribution in [0.2, 0.25) is 0 Å². The minimum Gasteiger partial charge on any atom is -0.459 e. The van der Waals surface area contributed by atoms with Crippen LogP contribution in [-0.2, 0) is 4.74 Å². The molecule has 0 N–H and O–H groups in total. The number of ketones is 1. The summed E-state index contributed by atoms with van der Waals surface area (Å²) in [6, 6.07) is 7.26. The van der Waals surface area contributed by atoms with Crippen molar-refractivity contribution in [3.63, 3.8) is 0 Å². The van der Waals surface area contributed by atoms with Crippen molar-refractivity contribution in [3.8, 4) is 17.6 Å². The number of nitro groups is 1. The molecule has 0 bridgehead atoms. The van der Waals surface area contributed by atoms with Crippen molar-refractivity contribution in [2.45, 2.75) is 26.1 Å². The van der Waals surface area contributed by atoms with Gasteiger partial charge in [0.25, 0.3) is 11.5 Å². The standard InChI is InChI=1S/C19H13F3N2O6/c1-10(2)29-18(26)14-8-13(4-5-15(14)24(27)28)30-16-6-3-11(7-12(16)9-23)17(25)19(20,21)22/h3-8,10H,1-2H3. The number of carbonyl (C=O) groups excluding carboxylic acids is 2. The number of alkyl halides is 3. The van der Waals surface area contributed by atoms with Gasteiger partial charge in [-0.05, 0) is 38.1 Å². The Labute approximate surface area is 167 Å². The third kappa shape index (κ3) is 5.11. The number of carbonyl (C=O) groups is 2. The molecular weight excluding hydrogens is 409 g/mol. The molecule has 0 atom stereocenters. The Bertz CT molecular complexity index is 1060. The number of hydrogen-bond donors (Lipinski definition) is 0. The minimum absolute atomic E-state index is 0.109. The number of halogens is 3. The molecule has 8 nitrogen and oxygen atoms in total. The van der Waals surface area contributed by atoms with Crippen molar-refractivity contribution in [2.75, 3.05) is 0 Å². The first-order valence-electron chi connectivity index (χ1n) is 8.27. The number of rotatable bonds is 6. The average Bonchev–Trinajstić information content (AvgIpc) is 2.66. The lowest BCUT2D eigenvalue weighted by atomic mass is 10.1. The van der Waals surface area contributed by atoms with Crippen LogP contribution in [0.3, 0.4) is 0 Å². The van der Waals surface area contributed by atoms with E-state index in [2.05, 4.69) is 0 Å². The number of nitrogens with zero attached hydrogens (tertiary/aromatic N) is 2. The Morgan fingerprint density at radius 3 is 2.37 bits per heavy atom. The lowest BCUT2D eigenvalue weighted by Gasteiger charge is -2.12. The first-order valence-corrected chi connectivity index (χ1v) is 8.27. The molecule has 0 aliphatic carbocycles. The maximum absolute atomic E-state index is 12.6. The fourth-order valence-electron chi connectivity index (χ4n) is 2.32. The smallest absolute Gasteiger partial charge is 0.454 e. The summed E-state index contributed by atoms with van der Waals surface area (Å²) in [5.74, 6) is -3.43. The molecule has 0 saturated heterocycles. The molecule has 0 unspecified atom stereocenters. The van der Waals surface area contributed by atoms with Gasteiger partial charge < -0.3 is 9.47 Å². The monoisotopic (exact) mass is 422 g/mol. The van der Waals surface area contributed by atoms with E-state index in [-0.39, 0.29) is 17.1 Å². The molecule has 0 aliphatic rings. The Balaban J connectivity index is 2.43. The van der Waals surface area contributed by atoms with Gasteiger partial charge in [-0.15, -0.1) is 0 Å². The molecule has 156 valence electrons. The number of ether oxygens (including phenoxy) is 2. The van der Waals surface area contributed by atoms with E-state index >= 15 is 0 Å². The van der Waals surface area contributed by atoms with Crippen LogP contribution >= 0.6 is 0 Å². The lowest BCUT2D eigenvalue weighted by Crippen LogP contribution is -2.22. The van der Waals surface area contributed by atoms with Crippen LogP contribution in [0.5, 0.6) is 11.5 Å². The highest BCUT2D eigenvalue weighted by atomic mass is 19.4. The van der Waals surface area contributed by atoms with Gasteiger partial charge in [-0.3, -0.25) is 14.9 Å². The number of esters is 1. The van der Waals surface area contributed by atoms with E-state index in [9.17, 15) is 38.1 Å². The predicted molar refractivity (Wildman–Crippen MR) is 95.3 cm³/mol. The third-order valence-electron chi connectivity index (χ3n) is 3.57. The molecule has 0 heterocycles. The van der Waals surface area contributed by atoms with Gasteiger partial charge in [0.15, 0.2) is 0 Å². The van der Waals surface area contributed by atoms with Crippen LogP contribution in [0.1, 0.15) is 40.1 Å². The van der Waals surface area contributed by atoms with Crippen LogP contribution < -0.4 is 4.74 Å². The summed E-state index contributed by atoms with van der Waals surface area (Å²) in [5, 5.41) is 20.3. The molecule has 0 spiro atoms. The Morgan fingerprint density at radius 2 is 1.83 bits per heavy atom. The van der Waals surface area contributed by atoms with Crippen molar-refractivity contribution in [1.82, 2.24) is 0 Å².